The number of carbonyl (C=O) groups excluding carboxylic acids is 2. The van der Waals surface area contributed by atoms with Crippen LogP contribution in [0.3, 0.4) is 0 Å². The number of nitrogens with one attached hydrogen (secondary N) is 2. The molecule has 3 aromatic carbocycles. The van der Waals surface area contributed by atoms with Crippen LogP contribution in [0.4, 0.5) is 11.4 Å². The van der Waals surface area contributed by atoms with Crippen molar-refractivity contribution in [1.29, 1.82) is 0 Å². The highest BCUT2D eigenvalue weighted by molar-refractivity contribution is 7.92. The van der Waals surface area contributed by atoms with Gasteiger partial charge in [0, 0.05) is 0 Å². The molecule has 0 aliphatic carbocycles. The van der Waals surface area contributed by atoms with Crippen molar-refractivity contribution in [2.24, 2.45) is 0 Å². The second-order valence-corrected chi connectivity index (χ2v) is 8.98. The highest BCUT2D eigenvalue weighted by Crippen LogP contribution is 2.27. The molecule has 32 heavy (non-hydrogen) atoms. The van der Waals surface area contributed by atoms with Gasteiger partial charge in [0.15, 0.2) is 0 Å². The molecule has 0 fully saturated rings. The average Bonchev–Trinajstić information content (AvgIpc) is 2.75. The Morgan fingerprint density at radius 1 is 0.938 bits per heavy atom. The monoisotopic (exact) mass is 492 g/mol. The van der Waals surface area contributed by atoms with Crippen molar-refractivity contribution in [3.63, 3.8) is 0 Å². The second-order valence-electron chi connectivity index (χ2n) is 6.48. The van der Waals surface area contributed by atoms with Crippen LogP contribution < -0.4 is 10.0 Å². The summed E-state index contributed by atoms with van der Waals surface area (Å²) in [5, 5.41) is 2.80. The van der Waals surface area contributed by atoms with Gasteiger partial charge in [-0.05, 0) is 55.5 Å². The van der Waals surface area contributed by atoms with Crippen LogP contribution in [0, 0.1) is 0 Å². The van der Waals surface area contributed by atoms with Gasteiger partial charge in [-0.25, -0.2) is 13.2 Å². The first-order valence-electron chi connectivity index (χ1n) is 9.36. The van der Waals surface area contributed by atoms with Crippen molar-refractivity contribution >= 4 is 56.5 Å². The molecule has 7 nitrogen and oxygen atoms in total. The summed E-state index contributed by atoms with van der Waals surface area (Å²) in [6, 6.07) is 16.3. The Hall–Kier alpha value is -3.07. The Bertz CT molecular complexity index is 1260. The van der Waals surface area contributed by atoms with E-state index in [0.29, 0.717) is 0 Å². The smallest absolute Gasteiger partial charge is 0.338 e. The zero-order chi connectivity index (χ0) is 23.3. The standard InChI is InChI=1S/C22H18Cl2N2O5S/c1-2-31-22(28)14-8-11-20(19(24)12-14)25-21(27)17-10-9-15(13-18(17)23)26-32(29,30)16-6-4-3-5-7-16/h3-13,26H,2H2,1H3,(H,25,27). The first-order chi connectivity index (χ1) is 15.2. The highest BCUT2D eigenvalue weighted by Gasteiger charge is 2.17. The SMILES string of the molecule is CCOC(=O)c1ccc(NC(=O)c2ccc(NS(=O)(=O)c3ccccc3)cc2Cl)c(Cl)c1. The average molecular weight is 493 g/mol. The van der Waals surface area contributed by atoms with Crippen molar-refractivity contribution in [3.05, 3.63) is 87.9 Å². The summed E-state index contributed by atoms with van der Waals surface area (Å²) >= 11 is 12.4. The number of carbonyl (C=O) groups is 2. The molecule has 1 amide bonds. The van der Waals surface area contributed by atoms with Gasteiger partial charge in [-0.2, -0.15) is 0 Å². The van der Waals surface area contributed by atoms with Gasteiger partial charge in [-0.3, -0.25) is 9.52 Å². The van der Waals surface area contributed by atoms with Gasteiger partial charge >= 0.3 is 5.97 Å². The third kappa shape index (κ3) is 5.59. The van der Waals surface area contributed by atoms with Crippen molar-refractivity contribution < 1.29 is 22.7 Å². The van der Waals surface area contributed by atoms with Crippen LogP contribution in [0.25, 0.3) is 0 Å². The minimum absolute atomic E-state index is 0.0371. The maximum atomic E-state index is 12.6. The number of ether oxygens (including phenoxy) is 1. The quantitative estimate of drug-likeness (QED) is 0.440. The van der Waals surface area contributed by atoms with Crippen LogP contribution in [0.15, 0.2) is 71.6 Å². The van der Waals surface area contributed by atoms with Crippen LogP contribution in [0.5, 0.6) is 0 Å². The van der Waals surface area contributed by atoms with Gasteiger partial charge in [0.05, 0.1) is 44.0 Å². The van der Waals surface area contributed by atoms with Crippen molar-refractivity contribution in [2.75, 3.05) is 16.6 Å². The number of rotatable bonds is 7. The summed E-state index contributed by atoms with van der Waals surface area (Å²) in [5.41, 5.74) is 0.838. The van der Waals surface area contributed by atoms with E-state index in [9.17, 15) is 18.0 Å². The minimum atomic E-state index is -3.80. The van der Waals surface area contributed by atoms with E-state index in [4.69, 9.17) is 27.9 Å². The molecule has 3 aromatic rings. The largest absolute Gasteiger partial charge is 0.462 e. The van der Waals surface area contributed by atoms with E-state index in [-0.39, 0.29) is 44.0 Å². The Morgan fingerprint density at radius 3 is 2.28 bits per heavy atom. The van der Waals surface area contributed by atoms with Crippen LogP contribution in [0.2, 0.25) is 10.0 Å². The van der Waals surface area contributed by atoms with Gasteiger partial charge in [-0.1, -0.05) is 41.4 Å². The van der Waals surface area contributed by atoms with Crippen LogP contribution in [-0.2, 0) is 14.8 Å². The zero-order valence-corrected chi connectivity index (χ0v) is 19.1. The second kappa shape index (κ2) is 10.0. The van der Waals surface area contributed by atoms with E-state index >= 15 is 0 Å². The van der Waals surface area contributed by atoms with Gasteiger partial charge in [0.25, 0.3) is 15.9 Å². The first kappa shape index (κ1) is 23.6. The number of esters is 1. The zero-order valence-electron chi connectivity index (χ0n) is 16.8. The maximum absolute atomic E-state index is 12.6. The topological polar surface area (TPSA) is 102 Å². The Labute approximate surface area is 195 Å². The molecular formula is C22H18Cl2N2O5S. The molecule has 3 rings (SSSR count). The number of hydrogen-bond acceptors (Lipinski definition) is 5. The minimum Gasteiger partial charge on any atom is -0.462 e. The third-order valence-corrected chi connectivity index (χ3v) is 6.27. The van der Waals surface area contributed by atoms with Gasteiger partial charge in [0.1, 0.15) is 0 Å². The lowest BCUT2D eigenvalue weighted by atomic mass is 10.1. The molecule has 0 saturated heterocycles. The van der Waals surface area contributed by atoms with Crippen LogP contribution >= 0.6 is 23.2 Å². The predicted octanol–water partition coefficient (Wildman–Crippen LogP) is 5.22. The number of halogens is 2. The predicted molar refractivity (Wildman–Crippen MR) is 124 cm³/mol. The first-order valence-corrected chi connectivity index (χ1v) is 11.6. The van der Waals surface area contributed by atoms with Gasteiger partial charge in [0.2, 0.25) is 0 Å². The molecule has 0 unspecified atom stereocenters. The fraction of sp³-hybridized carbons (Fsp3) is 0.0909. The number of hydrogen-bond donors (Lipinski definition) is 2. The van der Waals surface area contributed by atoms with Crippen LogP contribution in [0.1, 0.15) is 27.6 Å². The summed E-state index contributed by atoms with van der Waals surface area (Å²) in [5.74, 6) is -1.08. The van der Waals surface area contributed by atoms with E-state index in [1.165, 1.54) is 48.5 Å². The molecule has 0 aliphatic heterocycles. The summed E-state index contributed by atoms with van der Waals surface area (Å²) < 4.78 is 32.2. The Balaban J connectivity index is 1.75. The van der Waals surface area contributed by atoms with E-state index < -0.39 is 21.9 Å². The number of benzene rings is 3. The third-order valence-electron chi connectivity index (χ3n) is 4.25. The molecular weight excluding hydrogens is 475 g/mol. The Kier molecular flexibility index (Phi) is 7.40. The van der Waals surface area contributed by atoms with Gasteiger partial charge < -0.3 is 10.1 Å². The molecule has 0 heterocycles. The van der Waals surface area contributed by atoms with Crippen molar-refractivity contribution in [1.82, 2.24) is 0 Å². The fourth-order valence-corrected chi connectivity index (χ4v) is 4.29. The number of sulfonamides is 1. The molecule has 0 aromatic heterocycles. The lowest BCUT2D eigenvalue weighted by Gasteiger charge is -2.12. The fourth-order valence-electron chi connectivity index (χ4n) is 2.72. The molecule has 166 valence electrons. The summed E-state index contributed by atoms with van der Waals surface area (Å²) in [6.45, 7) is 1.92. The molecule has 10 heteroatoms. The molecule has 0 radical (unpaired) electrons. The van der Waals surface area contributed by atoms with E-state index in [0.717, 1.165) is 0 Å². The summed E-state index contributed by atoms with van der Waals surface area (Å²) in [4.78, 5) is 24.5. The van der Waals surface area contributed by atoms with E-state index in [1.54, 1.807) is 25.1 Å². The Morgan fingerprint density at radius 2 is 1.66 bits per heavy atom. The number of anilines is 2. The highest BCUT2D eigenvalue weighted by atomic mass is 35.5. The summed E-state index contributed by atoms with van der Waals surface area (Å²) in [6.07, 6.45) is 0. The number of amides is 1. The molecule has 0 spiro atoms. The van der Waals surface area contributed by atoms with E-state index in [1.807, 2.05) is 0 Å². The molecule has 2 N–H and O–H groups in total. The molecule has 0 saturated carbocycles. The molecule has 0 atom stereocenters. The lowest BCUT2D eigenvalue weighted by molar-refractivity contribution is 0.0526. The lowest BCUT2D eigenvalue weighted by Crippen LogP contribution is -2.15. The van der Waals surface area contributed by atoms with Gasteiger partial charge in [-0.15, -0.1) is 0 Å². The normalized spacial score (nSPS) is 11.0. The molecule has 0 bridgehead atoms. The molecule has 0 aliphatic rings. The van der Waals surface area contributed by atoms with Crippen LogP contribution in [-0.4, -0.2) is 26.9 Å². The van der Waals surface area contributed by atoms with Crippen molar-refractivity contribution in [2.45, 2.75) is 11.8 Å². The van der Waals surface area contributed by atoms with Crippen molar-refractivity contribution in [3.8, 4) is 0 Å². The summed E-state index contributed by atoms with van der Waals surface area (Å²) in [7, 11) is -3.80. The van der Waals surface area contributed by atoms with E-state index in [2.05, 4.69) is 10.0 Å². The maximum Gasteiger partial charge on any atom is 0.338 e.